The van der Waals surface area contributed by atoms with E-state index in [9.17, 15) is 0 Å². The SMILES string of the molecule is c1ccc(-c2nc(-c3ccc4c(c3)C(c3ccccc3)(c3ccccc3)c3ccccc3-4)cc(-c3ccccc3-c3ccc(-c4cccc5c4sc4ccccc45)cc3)n2)cc1. The van der Waals surface area contributed by atoms with Crippen LogP contribution in [-0.2, 0) is 5.41 Å². The third-order valence-electron chi connectivity index (χ3n) is 12.6. The lowest BCUT2D eigenvalue weighted by Crippen LogP contribution is -2.28. The maximum atomic E-state index is 5.35. The molecule has 2 heterocycles. The second kappa shape index (κ2) is 14.8. The molecule has 0 atom stereocenters. The maximum Gasteiger partial charge on any atom is 0.160 e. The van der Waals surface area contributed by atoms with E-state index in [1.165, 1.54) is 64.7 Å². The Hall–Kier alpha value is -7.72. The van der Waals surface area contributed by atoms with E-state index in [2.05, 4.69) is 224 Å². The molecule has 0 aliphatic heterocycles. The van der Waals surface area contributed by atoms with E-state index in [4.69, 9.17) is 9.97 Å². The van der Waals surface area contributed by atoms with Gasteiger partial charge in [-0.15, -0.1) is 11.3 Å². The molecule has 0 saturated heterocycles. The van der Waals surface area contributed by atoms with Crippen LogP contribution in [0.1, 0.15) is 22.3 Å². The van der Waals surface area contributed by atoms with E-state index < -0.39 is 5.41 Å². The summed E-state index contributed by atoms with van der Waals surface area (Å²) >= 11 is 1.87. The van der Waals surface area contributed by atoms with Gasteiger partial charge in [0.2, 0.25) is 0 Å². The van der Waals surface area contributed by atoms with Gasteiger partial charge >= 0.3 is 0 Å². The zero-order chi connectivity index (χ0) is 41.0. The van der Waals surface area contributed by atoms with Crippen LogP contribution in [0.15, 0.2) is 231 Å². The van der Waals surface area contributed by atoms with Gasteiger partial charge in [0.1, 0.15) is 0 Å². The quantitative estimate of drug-likeness (QED) is 0.160. The van der Waals surface area contributed by atoms with Crippen LogP contribution in [-0.4, -0.2) is 9.97 Å². The van der Waals surface area contributed by atoms with Gasteiger partial charge in [-0.3, -0.25) is 0 Å². The Labute approximate surface area is 365 Å². The highest BCUT2D eigenvalue weighted by Crippen LogP contribution is 2.56. The summed E-state index contributed by atoms with van der Waals surface area (Å²) in [6, 6.07) is 83.3. The van der Waals surface area contributed by atoms with Crippen LogP contribution in [0.2, 0.25) is 0 Å². The van der Waals surface area contributed by atoms with Gasteiger partial charge in [-0.25, -0.2) is 9.97 Å². The number of thiophene rings is 1. The monoisotopic (exact) mass is 806 g/mol. The van der Waals surface area contributed by atoms with Gasteiger partial charge in [-0.2, -0.15) is 0 Å². The van der Waals surface area contributed by atoms with Crippen LogP contribution < -0.4 is 0 Å². The fourth-order valence-corrected chi connectivity index (χ4v) is 11.1. The fraction of sp³-hybridized carbons (Fsp3) is 0.0169. The van der Waals surface area contributed by atoms with Gasteiger partial charge in [0.15, 0.2) is 5.82 Å². The van der Waals surface area contributed by atoms with Crippen LogP contribution in [0.25, 0.3) is 87.5 Å². The number of nitrogens with zero attached hydrogens (tertiary/aromatic N) is 2. The number of hydrogen-bond acceptors (Lipinski definition) is 3. The summed E-state index contributed by atoms with van der Waals surface area (Å²) in [5.74, 6) is 0.695. The molecular weight excluding hydrogens is 769 g/mol. The summed E-state index contributed by atoms with van der Waals surface area (Å²) < 4.78 is 2.64. The molecule has 0 bridgehead atoms. The van der Waals surface area contributed by atoms with Crippen molar-refractivity contribution < 1.29 is 0 Å². The molecule has 0 fully saturated rings. The highest BCUT2D eigenvalue weighted by molar-refractivity contribution is 7.26. The minimum atomic E-state index is -0.510. The molecule has 290 valence electrons. The Balaban J connectivity index is 1.01. The Morgan fingerprint density at radius 1 is 0.323 bits per heavy atom. The van der Waals surface area contributed by atoms with E-state index in [1.807, 2.05) is 17.4 Å². The maximum absolute atomic E-state index is 5.35. The number of benzene rings is 9. The van der Waals surface area contributed by atoms with Crippen molar-refractivity contribution in [1.29, 1.82) is 0 Å². The molecule has 1 aliphatic carbocycles. The Morgan fingerprint density at radius 3 is 1.60 bits per heavy atom. The van der Waals surface area contributed by atoms with E-state index in [0.717, 1.165) is 39.2 Å². The number of aromatic nitrogens is 2. The molecule has 2 nitrogen and oxygen atoms in total. The van der Waals surface area contributed by atoms with Crippen molar-refractivity contribution in [3.63, 3.8) is 0 Å². The van der Waals surface area contributed by atoms with Crippen molar-refractivity contribution in [2.45, 2.75) is 5.41 Å². The first-order valence-electron chi connectivity index (χ1n) is 21.1. The van der Waals surface area contributed by atoms with Crippen LogP contribution in [0.5, 0.6) is 0 Å². The van der Waals surface area contributed by atoms with Crippen molar-refractivity contribution in [2.75, 3.05) is 0 Å². The smallest absolute Gasteiger partial charge is 0.160 e. The van der Waals surface area contributed by atoms with Gasteiger partial charge in [0.25, 0.3) is 0 Å². The topological polar surface area (TPSA) is 25.8 Å². The number of hydrogen-bond donors (Lipinski definition) is 0. The van der Waals surface area contributed by atoms with Gasteiger partial charge in [0, 0.05) is 36.9 Å². The van der Waals surface area contributed by atoms with Gasteiger partial charge in [0.05, 0.1) is 16.8 Å². The van der Waals surface area contributed by atoms with Gasteiger partial charge < -0.3 is 0 Å². The highest BCUT2D eigenvalue weighted by atomic mass is 32.1. The molecule has 0 radical (unpaired) electrons. The molecule has 62 heavy (non-hydrogen) atoms. The molecule has 0 saturated carbocycles. The van der Waals surface area contributed by atoms with Gasteiger partial charge in [-0.1, -0.05) is 212 Å². The minimum Gasteiger partial charge on any atom is -0.228 e. The molecule has 0 spiro atoms. The van der Waals surface area contributed by atoms with Crippen molar-refractivity contribution in [2.24, 2.45) is 0 Å². The van der Waals surface area contributed by atoms with E-state index in [1.54, 1.807) is 0 Å². The standard InChI is InChI=1S/C59H38N2S/c1-4-17-41(18-5-1)58-60-54(42-35-36-48-47-24-12-14-29-52(47)59(53(48)37-42,43-19-6-2-7-20-43)44-21-8-3-9-22-44)38-55(61-58)49-25-11-10-23-45(49)39-31-33-40(34-32-39)46-27-16-28-51-50-26-13-15-30-56(50)62-57(46)51/h1-38H. The largest absolute Gasteiger partial charge is 0.228 e. The zero-order valence-electron chi connectivity index (χ0n) is 33.7. The van der Waals surface area contributed by atoms with E-state index >= 15 is 0 Å². The molecule has 2 aromatic heterocycles. The van der Waals surface area contributed by atoms with Gasteiger partial charge in [-0.05, 0) is 73.8 Å². The fourth-order valence-electron chi connectivity index (χ4n) is 9.82. The second-order valence-electron chi connectivity index (χ2n) is 16.0. The molecule has 0 N–H and O–H groups in total. The number of rotatable bonds is 7. The highest BCUT2D eigenvalue weighted by Gasteiger charge is 2.46. The molecule has 12 rings (SSSR count). The average Bonchev–Trinajstić information content (AvgIpc) is 3.89. The Kier molecular flexibility index (Phi) is 8.62. The molecule has 11 aromatic rings. The average molecular weight is 807 g/mol. The predicted molar refractivity (Wildman–Crippen MR) is 259 cm³/mol. The minimum absolute atomic E-state index is 0.510. The Bertz CT molecular complexity index is 3400. The molecule has 0 unspecified atom stereocenters. The van der Waals surface area contributed by atoms with Crippen LogP contribution in [0.4, 0.5) is 0 Å². The first kappa shape index (κ1) is 36.2. The molecular formula is C59H38N2S. The first-order chi connectivity index (χ1) is 30.7. The molecule has 0 amide bonds. The normalized spacial score (nSPS) is 12.6. The zero-order valence-corrected chi connectivity index (χ0v) is 34.6. The van der Waals surface area contributed by atoms with E-state index in [-0.39, 0.29) is 0 Å². The lowest BCUT2D eigenvalue weighted by Gasteiger charge is -2.34. The third-order valence-corrected chi connectivity index (χ3v) is 13.8. The molecule has 3 heteroatoms. The predicted octanol–water partition coefficient (Wildman–Crippen LogP) is 15.5. The first-order valence-corrected chi connectivity index (χ1v) is 22.0. The Morgan fingerprint density at radius 2 is 0.855 bits per heavy atom. The molecule has 1 aliphatic rings. The summed E-state index contributed by atoms with van der Waals surface area (Å²) in [7, 11) is 0. The summed E-state index contributed by atoms with van der Waals surface area (Å²) in [5, 5.41) is 2.63. The summed E-state index contributed by atoms with van der Waals surface area (Å²) in [6.45, 7) is 0. The van der Waals surface area contributed by atoms with Crippen LogP contribution in [0, 0.1) is 0 Å². The van der Waals surface area contributed by atoms with E-state index in [0.29, 0.717) is 5.82 Å². The van der Waals surface area contributed by atoms with Crippen LogP contribution in [0.3, 0.4) is 0 Å². The van der Waals surface area contributed by atoms with Crippen LogP contribution >= 0.6 is 11.3 Å². The van der Waals surface area contributed by atoms with Crippen molar-refractivity contribution in [3.8, 4) is 67.3 Å². The summed E-state index contributed by atoms with van der Waals surface area (Å²) in [4.78, 5) is 10.7. The lowest BCUT2D eigenvalue weighted by atomic mass is 9.67. The molecule has 9 aromatic carbocycles. The number of fused-ring (bicyclic) bond motifs is 6. The lowest BCUT2D eigenvalue weighted by molar-refractivity contribution is 0.768. The van der Waals surface area contributed by atoms with Crippen molar-refractivity contribution in [3.05, 3.63) is 253 Å². The van der Waals surface area contributed by atoms with Crippen molar-refractivity contribution >= 4 is 31.5 Å². The summed E-state index contributed by atoms with van der Waals surface area (Å²) in [6.07, 6.45) is 0. The second-order valence-corrected chi connectivity index (χ2v) is 17.1. The summed E-state index contributed by atoms with van der Waals surface area (Å²) in [5.41, 5.74) is 16.6. The third kappa shape index (κ3) is 5.78. The van der Waals surface area contributed by atoms with Crippen molar-refractivity contribution in [1.82, 2.24) is 9.97 Å².